The molecule has 1 unspecified atom stereocenters. The Labute approximate surface area is 106 Å². The Balaban J connectivity index is 1.78. The van der Waals surface area contributed by atoms with Crippen LogP contribution in [0.2, 0.25) is 0 Å². The Bertz CT molecular complexity index is 168. The number of piperidine rings is 1. The molecule has 102 valence electrons. The van der Waals surface area contributed by atoms with E-state index >= 15 is 0 Å². The Hall–Kier alpha value is -0.120. The summed E-state index contributed by atoms with van der Waals surface area (Å²) in [6.07, 6.45) is 5.02. The van der Waals surface area contributed by atoms with Gasteiger partial charge >= 0.3 is 0 Å². The van der Waals surface area contributed by atoms with E-state index in [1.807, 2.05) is 0 Å². The van der Waals surface area contributed by atoms with Crippen molar-refractivity contribution in [3.05, 3.63) is 0 Å². The van der Waals surface area contributed by atoms with Crippen LogP contribution >= 0.6 is 0 Å². The molecule has 3 nitrogen and oxygen atoms in total. The second kappa shape index (κ2) is 9.86. The first kappa shape index (κ1) is 14.9. The zero-order valence-corrected chi connectivity index (χ0v) is 11.5. The van der Waals surface area contributed by atoms with E-state index in [1.165, 1.54) is 32.4 Å². The predicted molar refractivity (Wildman–Crippen MR) is 71.3 cm³/mol. The molecule has 0 bridgehead atoms. The molecule has 0 aliphatic carbocycles. The molecule has 3 heteroatoms. The molecule has 0 spiro atoms. The van der Waals surface area contributed by atoms with Crippen LogP contribution in [0, 0.1) is 11.8 Å². The van der Waals surface area contributed by atoms with Crippen LogP contribution in [0.1, 0.15) is 39.5 Å². The molecular formula is C14H29NO2. The van der Waals surface area contributed by atoms with Crippen LogP contribution in [-0.4, -0.2) is 39.5 Å². The SMILES string of the molecule is CC(C)CCOCCOCCC1CCCNC1. The Kier molecular flexibility index (Phi) is 8.67. The van der Waals surface area contributed by atoms with Crippen LogP contribution in [0.15, 0.2) is 0 Å². The normalized spacial score (nSPS) is 21.0. The van der Waals surface area contributed by atoms with Gasteiger partial charge in [0.2, 0.25) is 0 Å². The van der Waals surface area contributed by atoms with E-state index < -0.39 is 0 Å². The molecule has 0 amide bonds. The van der Waals surface area contributed by atoms with Crippen LogP contribution in [0.4, 0.5) is 0 Å². The van der Waals surface area contributed by atoms with Crippen molar-refractivity contribution in [3.63, 3.8) is 0 Å². The number of hydrogen-bond acceptors (Lipinski definition) is 3. The molecule has 1 heterocycles. The van der Waals surface area contributed by atoms with Gasteiger partial charge in [0.15, 0.2) is 0 Å². The Morgan fingerprint density at radius 2 is 1.88 bits per heavy atom. The van der Waals surface area contributed by atoms with Gasteiger partial charge in [-0.1, -0.05) is 13.8 Å². The van der Waals surface area contributed by atoms with Crippen molar-refractivity contribution in [3.8, 4) is 0 Å². The van der Waals surface area contributed by atoms with Gasteiger partial charge in [0.1, 0.15) is 0 Å². The second-order valence-electron chi connectivity index (χ2n) is 5.41. The average Bonchev–Trinajstić information content (AvgIpc) is 2.33. The summed E-state index contributed by atoms with van der Waals surface area (Å²) >= 11 is 0. The number of rotatable bonds is 9. The van der Waals surface area contributed by atoms with Crippen LogP contribution in [0.5, 0.6) is 0 Å². The number of hydrogen-bond donors (Lipinski definition) is 1. The molecule has 0 saturated carbocycles. The summed E-state index contributed by atoms with van der Waals surface area (Å²) in [6, 6.07) is 0. The van der Waals surface area contributed by atoms with E-state index in [0.717, 1.165) is 44.7 Å². The molecule has 1 saturated heterocycles. The monoisotopic (exact) mass is 243 g/mol. The largest absolute Gasteiger partial charge is 0.379 e. The standard InChI is InChI=1S/C14H29NO2/c1-13(2)5-8-16-10-11-17-9-6-14-4-3-7-15-12-14/h13-15H,3-12H2,1-2H3. The lowest BCUT2D eigenvalue weighted by molar-refractivity contribution is 0.0384. The average molecular weight is 243 g/mol. The van der Waals surface area contributed by atoms with Gasteiger partial charge in [-0.25, -0.2) is 0 Å². The van der Waals surface area contributed by atoms with Crippen molar-refractivity contribution in [2.45, 2.75) is 39.5 Å². The van der Waals surface area contributed by atoms with E-state index in [9.17, 15) is 0 Å². The Morgan fingerprint density at radius 3 is 2.53 bits per heavy atom. The first-order valence-corrected chi connectivity index (χ1v) is 7.15. The maximum absolute atomic E-state index is 5.59. The third-order valence-corrected chi connectivity index (χ3v) is 3.28. The lowest BCUT2D eigenvalue weighted by Gasteiger charge is -2.22. The minimum Gasteiger partial charge on any atom is -0.379 e. The second-order valence-corrected chi connectivity index (χ2v) is 5.41. The molecule has 1 aliphatic heterocycles. The molecule has 1 rings (SSSR count). The highest BCUT2D eigenvalue weighted by Crippen LogP contribution is 2.13. The predicted octanol–water partition coefficient (Wildman–Crippen LogP) is 2.46. The maximum atomic E-state index is 5.59. The first-order valence-electron chi connectivity index (χ1n) is 7.15. The minimum absolute atomic E-state index is 0.731. The lowest BCUT2D eigenvalue weighted by atomic mass is 9.97. The highest BCUT2D eigenvalue weighted by atomic mass is 16.5. The summed E-state index contributed by atoms with van der Waals surface area (Å²) in [5.41, 5.74) is 0. The van der Waals surface area contributed by atoms with E-state index in [-0.39, 0.29) is 0 Å². The van der Waals surface area contributed by atoms with E-state index in [1.54, 1.807) is 0 Å². The summed E-state index contributed by atoms with van der Waals surface area (Å²) < 4.78 is 11.1. The lowest BCUT2D eigenvalue weighted by Crippen LogP contribution is -2.30. The van der Waals surface area contributed by atoms with E-state index in [2.05, 4.69) is 19.2 Å². The molecule has 0 aromatic heterocycles. The summed E-state index contributed by atoms with van der Waals surface area (Å²) in [4.78, 5) is 0. The molecule has 0 radical (unpaired) electrons. The van der Waals surface area contributed by atoms with Crippen LogP contribution in [0.25, 0.3) is 0 Å². The molecule has 0 aromatic rings. The van der Waals surface area contributed by atoms with Gasteiger partial charge in [-0.15, -0.1) is 0 Å². The third kappa shape index (κ3) is 8.58. The van der Waals surface area contributed by atoms with Crippen LogP contribution in [-0.2, 0) is 9.47 Å². The summed E-state index contributed by atoms with van der Waals surface area (Å²) in [7, 11) is 0. The van der Waals surface area contributed by atoms with Crippen molar-refractivity contribution < 1.29 is 9.47 Å². The van der Waals surface area contributed by atoms with Crippen molar-refractivity contribution in [1.29, 1.82) is 0 Å². The van der Waals surface area contributed by atoms with Gasteiger partial charge in [-0.2, -0.15) is 0 Å². The minimum atomic E-state index is 0.731. The zero-order chi connectivity index (χ0) is 12.3. The van der Waals surface area contributed by atoms with Gasteiger partial charge in [0.05, 0.1) is 13.2 Å². The molecule has 0 aromatic carbocycles. The number of ether oxygens (including phenoxy) is 2. The molecule has 17 heavy (non-hydrogen) atoms. The van der Waals surface area contributed by atoms with E-state index in [0.29, 0.717) is 0 Å². The highest BCUT2D eigenvalue weighted by Gasteiger charge is 2.11. The fraction of sp³-hybridized carbons (Fsp3) is 1.00. The quantitative estimate of drug-likeness (QED) is 0.631. The zero-order valence-electron chi connectivity index (χ0n) is 11.5. The van der Waals surface area contributed by atoms with E-state index in [4.69, 9.17) is 9.47 Å². The molecule has 1 aliphatic rings. The van der Waals surface area contributed by atoms with Crippen molar-refractivity contribution in [2.24, 2.45) is 11.8 Å². The molecular weight excluding hydrogens is 214 g/mol. The van der Waals surface area contributed by atoms with Crippen molar-refractivity contribution >= 4 is 0 Å². The fourth-order valence-electron chi connectivity index (χ4n) is 2.06. The topological polar surface area (TPSA) is 30.5 Å². The van der Waals surface area contributed by atoms with Crippen molar-refractivity contribution in [1.82, 2.24) is 5.32 Å². The van der Waals surface area contributed by atoms with Gasteiger partial charge in [0.25, 0.3) is 0 Å². The van der Waals surface area contributed by atoms with Crippen molar-refractivity contribution in [2.75, 3.05) is 39.5 Å². The first-order chi connectivity index (χ1) is 8.29. The van der Waals surface area contributed by atoms with Crippen LogP contribution in [0.3, 0.4) is 0 Å². The molecule has 1 fully saturated rings. The number of nitrogens with one attached hydrogen (secondary N) is 1. The van der Waals surface area contributed by atoms with Gasteiger partial charge in [-0.05, 0) is 50.6 Å². The van der Waals surface area contributed by atoms with Gasteiger partial charge < -0.3 is 14.8 Å². The Morgan fingerprint density at radius 1 is 1.12 bits per heavy atom. The molecule has 1 atom stereocenters. The van der Waals surface area contributed by atoms with Gasteiger partial charge in [-0.3, -0.25) is 0 Å². The summed E-state index contributed by atoms with van der Waals surface area (Å²) in [6.45, 7) is 10.1. The van der Waals surface area contributed by atoms with Crippen LogP contribution < -0.4 is 5.32 Å². The summed E-state index contributed by atoms with van der Waals surface area (Å²) in [5.74, 6) is 1.56. The van der Waals surface area contributed by atoms with Gasteiger partial charge in [0, 0.05) is 13.2 Å². The highest BCUT2D eigenvalue weighted by molar-refractivity contribution is 4.68. The fourth-order valence-corrected chi connectivity index (χ4v) is 2.06. The molecule has 1 N–H and O–H groups in total. The maximum Gasteiger partial charge on any atom is 0.0700 e. The summed E-state index contributed by atoms with van der Waals surface area (Å²) in [5, 5.41) is 3.43. The third-order valence-electron chi connectivity index (χ3n) is 3.28. The smallest absolute Gasteiger partial charge is 0.0700 e.